The first-order chi connectivity index (χ1) is 0. The Balaban J connectivity index is 0. The quantitative estimate of drug-likeness (QED) is 0.443. The van der Waals surface area contributed by atoms with Crippen molar-refractivity contribution in [3.63, 3.8) is 0 Å². The molecule has 0 spiro atoms. The normalized spacial score (nSPS) is 0. The van der Waals surface area contributed by atoms with Gasteiger partial charge in [0.1, 0.15) is 0 Å². The van der Waals surface area contributed by atoms with E-state index in [1.807, 2.05) is 0 Å². The van der Waals surface area contributed by atoms with Crippen molar-refractivity contribution in [3.05, 3.63) is 0 Å². The second kappa shape index (κ2) is 138. The van der Waals surface area contributed by atoms with E-state index in [4.69, 9.17) is 0 Å². The monoisotopic (exact) mass is 313 g/mol. The van der Waals surface area contributed by atoms with Crippen LogP contribution in [0.15, 0.2) is 0 Å². The van der Waals surface area contributed by atoms with Crippen molar-refractivity contribution >= 4 is 37.2 Å². The van der Waals surface area contributed by atoms with Crippen LogP contribution in [0.4, 0.5) is 0 Å². The van der Waals surface area contributed by atoms with E-state index in [1.165, 1.54) is 0 Å². The van der Waals surface area contributed by atoms with Gasteiger partial charge in [-0.15, -0.1) is 37.2 Å². The van der Waals surface area contributed by atoms with E-state index >= 15 is 0 Å². The van der Waals surface area contributed by atoms with Gasteiger partial charge in [-0.25, -0.2) is 0 Å². The van der Waals surface area contributed by atoms with Crippen LogP contribution in [0.3, 0.4) is 0 Å². The second-order valence-electron chi connectivity index (χ2n) is 0. The van der Waals surface area contributed by atoms with Crippen LogP contribution < -0.4 is 55.8 Å². The molecular formula is H6Cl7NTi. The molecule has 0 fully saturated rings. The molecule has 3 N–H and O–H groups in total. The molecule has 0 aromatic rings. The topological polar surface area (TPSA) is 35.0 Å². The fourth-order valence-electron chi connectivity index (χ4n) is 0. The molecule has 9 heavy (non-hydrogen) atoms. The Morgan fingerprint density at radius 2 is 0.444 bits per heavy atom. The molecule has 0 bridgehead atoms. The number of halogens is 7. The summed E-state index contributed by atoms with van der Waals surface area (Å²) in [4.78, 5) is 0. The summed E-state index contributed by atoms with van der Waals surface area (Å²) >= 11 is 0. The average molecular weight is 316 g/mol. The van der Waals surface area contributed by atoms with E-state index in [2.05, 4.69) is 0 Å². The van der Waals surface area contributed by atoms with E-state index in [0.29, 0.717) is 0 Å². The fourth-order valence-corrected chi connectivity index (χ4v) is 0. The van der Waals surface area contributed by atoms with Crippen molar-refractivity contribution in [1.82, 2.24) is 6.15 Å². The predicted molar refractivity (Wildman–Crippen MR) is 26.8 cm³/mol. The maximum atomic E-state index is 0. The standard InChI is InChI=1S/7ClH.H3N.Ti/h7*1H;1H3;/q;;;;;;;;+4/p-4. The molecule has 9 heteroatoms. The number of hydrogen-bond acceptors (Lipinski definition) is 1. The molecule has 0 aliphatic carbocycles. The maximum absolute atomic E-state index is 0. The molecule has 0 aromatic carbocycles. The molecule has 0 saturated heterocycles. The summed E-state index contributed by atoms with van der Waals surface area (Å²) in [5.74, 6) is 0. The van der Waals surface area contributed by atoms with E-state index in [1.54, 1.807) is 0 Å². The molecule has 0 heterocycles. The smallest absolute Gasteiger partial charge is 1.00 e. The summed E-state index contributed by atoms with van der Waals surface area (Å²) in [6, 6.07) is 0. The van der Waals surface area contributed by atoms with Gasteiger partial charge in [-0.1, -0.05) is 0 Å². The maximum Gasteiger partial charge on any atom is 4.00 e. The van der Waals surface area contributed by atoms with Crippen LogP contribution in [0.25, 0.3) is 0 Å². The third-order valence-corrected chi connectivity index (χ3v) is 0. The average Bonchev–Trinajstić information content (AvgIpc) is 0. The Morgan fingerprint density at radius 1 is 0.444 bits per heavy atom. The molecule has 0 aromatic heterocycles. The summed E-state index contributed by atoms with van der Waals surface area (Å²) in [6.45, 7) is 0. The zero-order valence-corrected chi connectivity index (χ0v) is 11.0. The Bertz CT molecular complexity index is 8.88. The largest absolute Gasteiger partial charge is 4.00 e. The van der Waals surface area contributed by atoms with Crippen molar-refractivity contribution in [1.29, 1.82) is 0 Å². The summed E-state index contributed by atoms with van der Waals surface area (Å²) in [6.07, 6.45) is 0. The zero-order chi connectivity index (χ0) is 0. The van der Waals surface area contributed by atoms with Crippen molar-refractivity contribution in [3.8, 4) is 0 Å². The SMILES string of the molecule is Cl.Cl.Cl.N.[Cl-].[Cl-].[Cl-].[Cl-].[Ti+4]. The van der Waals surface area contributed by atoms with Gasteiger partial charge >= 0.3 is 21.7 Å². The van der Waals surface area contributed by atoms with Crippen molar-refractivity contribution < 1.29 is 71.3 Å². The van der Waals surface area contributed by atoms with Crippen LogP contribution in [0.5, 0.6) is 0 Å². The second-order valence-corrected chi connectivity index (χ2v) is 0. The van der Waals surface area contributed by atoms with Crippen LogP contribution in [0.2, 0.25) is 0 Å². The third-order valence-electron chi connectivity index (χ3n) is 0. The fraction of sp³-hybridized carbons (Fsp3) is 0. The summed E-state index contributed by atoms with van der Waals surface area (Å²) < 4.78 is 0. The Morgan fingerprint density at radius 3 is 0.444 bits per heavy atom. The molecule has 0 aliphatic heterocycles. The first kappa shape index (κ1) is 183. The molecule has 64 valence electrons. The molecule has 0 amide bonds. The molecule has 0 aliphatic rings. The van der Waals surface area contributed by atoms with Gasteiger partial charge in [0.15, 0.2) is 0 Å². The molecule has 0 rings (SSSR count). The van der Waals surface area contributed by atoms with Crippen LogP contribution in [-0.2, 0) is 21.7 Å². The summed E-state index contributed by atoms with van der Waals surface area (Å²) in [5.41, 5.74) is 0. The van der Waals surface area contributed by atoms with Crippen LogP contribution in [-0.4, -0.2) is 0 Å². The molecule has 1 nitrogen and oxygen atoms in total. The van der Waals surface area contributed by atoms with Crippen LogP contribution >= 0.6 is 37.2 Å². The van der Waals surface area contributed by atoms with E-state index in [0.717, 1.165) is 0 Å². The molecule has 0 atom stereocenters. The van der Waals surface area contributed by atoms with Crippen LogP contribution in [0.1, 0.15) is 0 Å². The van der Waals surface area contributed by atoms with Gasteiger partial charge in [-0.2, -0.15) is 0 Å². The third kappa shape index (κ3) is 111. The zero-order valence-electron chi connectivity index (χ0n) is 3.94. The molecule has 0 saturated carbocycles. The number of rotatable bonds is 0. The van der Waals surface area contributed by atoms with Gasteiger partial charge in [-0.05, 0) is 0 Å². The number of hydrogen-bond donors (Lipinski definition) is 1. The van der Waals surface area contributed by atoms with Crippen molar-refractivity contribution in [2.24, 2.45) is 0 Å². The van der Waals surface area contributed by atoms with Gasteiger partial charge < -0.3 is 55.8 Å². The van der Waals surface area contributed by atoms with E-state index in [9.17, 15) is 0 Å². The summed E-state index contributed by atoms with van der Waals surface area (Å²) in [5, 5.41) is 0. The first-order valence-electron chi connectivity index (χ1n) is 0. The van der Waals surface area contributed by atoms with Gasteiger partial charge in [-0.3, -0.25) is 0 Å². The molecule has 0 radical (unpaired) electrons. The first-order valence-corrected chi connectivity index (χ1v) is 0. The Kier molecular flexibility index (Phi) is 2810. The van der Waals surface area contributed by atoms with Crippen molar-refractivity contribution in [2.45, 2.75) is 0 Å². The van der Waals surface area contributed by atoms with Gasteiger partial charge in [0.2, 0.25) is 0 Å². The van der Waals surface area contributed by atoms with Gasteiger partial charge in [0.05, 0.1) is 0 Å². The predicted octanol–water partition coefficient (Wildman–Crippen LogP) is -10.6. The summed E-state index contributed by atoms with van der Waals surface area (Å²) in [7, 11) is 0. The minimum absolute atomic E-state index is 0. The Hall–Kier alpha value is 2.70. The van der Waals surface area contributed by atoms with Gasteiger partial charge in [0, 0.05) is 0 Å². The van der Waals surface area contributed by atoms with E-state index < -0.39 is 0 Å². The minimum atomic E-state index is 0. The molecule has 0 unspecified atom stereocenters. The van der Waals surface area contributed by atoms with E-state index in [-0.39, 0.29) is 115 Å². The van der Waals surface area contributed by atoms with Crippen molar-refractivity contribution in [2.75, 3.05) is 0 Å². The molecular weight excluding hydrogens is 310 g/mol. The Labute approximate surface area is 114 Å². The minimum Gasteiger partial charge on any atom is -1.00 e. The van der Waals surface area contributed by atoms with Gasteiger partial charge in [0.25, 0.3) is 0 Å². The van der Waals surface area contributed by atoms with Crippen LogP contribution in [0, 0.1) is 0 Å².